The van der Waals surface area contributed by atoms with Crippen LogP contribution >= 0.6 is 0 Å². The van der Waals surface area contributed by atoms with Gasteiger partial charge in [-0.1, -0.05) is 25.0 Å². The van der Waals surface area contributed by atoms with Gasteiger partial charge in [0.25, 0.3) is 0 Å². The van der Waals surface area contributed by atoms with Crippen LogP contribution in [0.5, 0.6) is 0 Å². The van der Waals surface area contributed by atoms with Gasteiger partial charge in [0, 0.05) is 19.0 Å². The van der Waals surface area contributed by atoms with Gasteiger partial charge in [0.15, 0.2) is 0 Å². The highest BCUT2D eigenvalue weighted by molar-refractivity contribution is 5.89. The Bertz CT molecular complexity index is 690. The molecule has 1 aliphatic heterocycles. The van der Waals surface area contributed by atoms with E-state index in [0.29, 0.717) is 18.7 Å². The van der Waals surface area contributed by atoms with E-state index in [4.69, 9.17) is 4.42 Å². The maximum absolute atomic E-state index is 13.8. The smallest absolute Gasteiger partial charge is 0.322 e. The van der Waals surface area contributed by atoms with Crippen molar-refractivity contribution < 1.29 is 18.7 Å². The molecule has 25 heavy (non-hydrogen) atoms. The van der Waals surface area contributed by atoms with E-state index in [-0.39, 0.29) is 17.8 Å². The van der Waals surface area contributed by atoms with Crippen molar-refractivity contribution in [1.29, 1.82) is 0 Å². The zero-order valence-corrected chi connectivity index (χ0v) is 14.0. The van der Waals surface area contributed by atoms with Crippen molar-refractivity contribution in [3.05, 3.63) is 54.2 Å². The van der Waals surface area contributed by atoms with Crippen LogP contribution in [0.4, 0.5) is 14.9 Å². The number of nitrogens with one attached hydrogen (secondary N) is 1. The number of rotatable bonds is 4. The minimum atomic E-state index is -0.762. The summed E-state index contributed by atoms with van der Waals surface area (Å²) in [7, 11) is 0. The number of para-hydroxylation sites is 1. The van der Waals surface area contributed by atoms with Gasteiger partial charge in [-0.05, 0) is 37.1 Å². The van der Waals surface area contributed by atoms with Gasteiger partial charge in [0.2, 0.25) is 0 Å². The fourth-order valence-corrected chi connectivity index (χ4v) is 3.29. The second-order valence-corrected chi connectivity index (χ2v) is 6.37. The molecular weight excluding hydrogens is 323 g/mol. The van der Waals surface area contributed by atoms with Crippen LogP contribution in [-0.4, -0.2) is 28.6 Å². The number of aliphatic hydroxyl groups excluding tert-OH is 1. The molecule has 0 bridgehead atoms. The zero-order chi connectivity index (χ0) is 17.6. The Hall–Kier alpha value is -2.34. The summed E-state index contributed by atoms with van der Waals surface area (Å²) in [5.74, 6) is 0.0385. The van der Waals surface area contributed by atoms with Crippen LogP contribution in [0.1, 0.15) is 44.0 Å². The van der Waals surface area contributed by atoms with E-state index in [9.17, 15) is 14.3 Å². The highest BCUT2D eigenvalue weighted by Gasteiger charge is 2.29. The van der Waals surface area contributed by atoms with Crippen LogP contribution in [0, 0.1) is 5.82 Å². The maximum atomic E-state index is 13.8. The number of anilines is 1. The molecule has 0 spiro atoms. The largest absolute Gasteiger partial charge is 0.467 e. The van der Waals surface area contributed by atoms with Crippen molar-refractivity contribution in [1.82, 2.24) is 4.90 Å². The van der Waals surface area contributed by atoms with E-state index in [1.54, 1.807) is 29.2 Å². The fourth-order valence-electron chi connectivity index (χ4n) is 3.29. The molecule has 0 saturated carbocycles. The van der Waals surface area contributed by atoms with Crippen molar-refractivity contribution in [3.63, 3.8) is 0 Å². The van der Waals surface area contributed by atoms with Gasteiger partial charge >= 0.3 is 6.03 Å². The van der Waals surface area contributed by atoms with E-state index in [2.05, 4.69) is 5.32 Å². The molecule has 2 heterocycles. The molecule has 1 saturated heterocycles. The first-order chi connectivity index (χ1) is 12.1. The standard InChI is InChI=1S/C19H23FN2O3/c20-15-8-3-4-9-16(15)21-19(24)22-11-5-1-2-7-14(22)13-17(23)18-10-6-12-25-18/h3-4,6,8-10,12,14,17,23H,1-2,5,7,11,13H2,(H,21,24)/t14-,17+/m1/s1. The van der Waals surface area contributed by atoms with Gasteiger partial charge in [-0.3, -0.25) is 0 Å². The number of furan rings is 1. The highest BCUT2D eigenvalue weighted by Crippen LogP contribution is 2.27. The lowest BCUT2D eigenvalue weighted by molar-refractivity contribution is 0.0987. The topological polar surface area (TPSA) is 65.7 Å². The number of carbonyl (C=O) groups is 1. The lowest BCUT2D eigenvalue weighted by atomic mass is 10.0. The summed E-state index contributed by atoms with van der Waals surface area (Å²) in [6.07, 6.45) is 4.91. The number of urea groups is 1. The molecule has 2 atom stereocenters. The van der Waals surface area contributed by atoms with Crippen molar-refractivity contribution >= 4 is 11.7 Å². The number of hydrogen-bond acceptors (Lipinski definition) is 3. The molecule has 1 aliphatic rings. The van der Waals surface area contributed by atoms with Crippen LogP contribution in [0.15, 0.2) is 47.1 Å². The first-order valence-electron chi connectivity index (χ1n) is 8.69. The van der Waals surface area contributed by atoms with E-state index in [1.807, 2.05) is 0 Å². The Kier molecular flexibility index (Phi) is 5.71. The number of amides is 2. The molecule has 1 aromatic carbocycles. The number of carbonyl (C=O) groups excluding carboxylic acids is 1. The van der Waals surface area contributed by atoms with Gasteiger partial charge in [-0.25, -0.2) is 9.18 Å². The zero-order valence-electron chi connectivity index (χ0n) is 14.0. The number of nitrogens with zero attached hydrogens (tertiary/aromatic N) is 1. The van der Waals surface area contributed by atoms with E-state index < -0.39 is 11.9 Å². The number of halogens is 1. The van der Waals surface area contributed by atoms with E-state index in [1.165, 1.54) is 18.4 Å². The Morgan fingerprint density at radius 1 is 1.28 bits per heavy atom. The molecule has 2 aromatic rings. The van der Waals surface area contributed by atoms with Crippen LogP contribution in [0.3, 0.4) is 0 Å². The molecule has 2 N–H and O–H groups in total. The molecule has 1 fully saturated rings. The summed E-state index contributed by atoms with van der Waals surface area (Å²) in [6, 6.07) is 9.13. The van der Waals surface area contributed by atoms with Crippen LogP contribution < -0.4 is 5.32 Å². The fraction of sp³-hybridized carbons (Fsp3) is 0.421. The number of likely N-dealkylation sites (tertiary alicyclic amines) is 1. The minimum absolute atomic E-state index is 0.116. The summed E-state index contributed by atoms with van der Waals surface area (Å²) in [5.41, 5.74) is 0.169. The quantitative estimate of drug-likeness (QED) is 0.866. The average Bonchev–Trinajstić information content (AvgIpc) is 3.04. The summed E-state index contributed by atoms with van der Waals surface area (Å²) >= 11 is 0. The first kappa shape index (κ1) is 17.5. The Morgan fingerprint density at radius 2 is 2.12 bits per heavy atom. The molecule has 6 heteroatoms. The van der Waals surface area contributed by atoms with Crippen molar-refractivity contribution in [2.24, 2.45) is 0 Å². The molecular formula is C19H23FN2O3. The van der Waals surface area contributed by atoms with E-state index >= 15 is 0 Å². The second kappa shape index (κ2) is 8.16. The van der Waals surface area contributed by atoms with Crippen molar-refractivity contribution in [2.45, 2.75) is 44.2 Å². The van der Waals surface area contributed by atoms with Gasteiger partial charge < -0.3 is 19.7 Å². The molecule has 0 radical (unpaired) electrons. The number of aliphatic hydroxyl groups is 1. The number of benzene rings is 1. The summed E-state index contributed by atoms with van der Waals surface area (Å²) in [5, 5.41) is 13.0. The predicted molar refractivity (Wildman–Crippen MR) is 92.7 cm³/mol. The molecule has 134 valence electrons. The van der Waals surface area contributed by atoms with Gasteiger partial charge in [0.05, 0.1) is 12.0 Å². The first-order valence-corrected chi connectivity index (χ1v) is 8.69. The van der Waals surface area contributed by atoms with Crippen molar-refractivity contribution in [3.8, 4) is 0 Å². The third-order valence-corrected chi connectivity index (χ3v) is 4.62. The predicted octanol–water partition coefficient (Wildman–Crippen LogP) is 4.32. The summed E-state index contributed by atoms with van der Waals surface area (Å²) in [4.78, 5) is 14.4. The Balaban J connectivity index is 1.71. The monoisotopic (exact) mass is 346 g/mol. The minimum Gasteiger partial charge on any atom is -0.467 e. The maximum Gasteiger partial charge on any atom is 0.322 e. The molecule has 1 aromatic heterocycles. The highest BCUT2D eigenvalue weighted by atomic mass is 19.1. The van der Waals surface area contributed by atoms with Crippen molar-refractivity contribution in [2.75, 3.05) is 11.9 Å². The molecule has 5 nitrogen and oxygen atoms in total. The van der Waals surface area contributed by atoms with Gasteiger partial charge in [-0.15, -0.1) is 0 Å². The SMILES string of the molecule is O=C(Nc1ccccc1F)N1CCCCC[C@@H]1C[C@H](O)c1ccco1. The normalized spacial score (nSPS) is 19.3. The third-order valence-electron chi connectivity index (χ3n) is 4.62. The summed E-state index contributed by atoms with van der Waals surface area (Å²) < 4.78 is 19.1. The molecule has 2 amide bonds. The molecule has 3 rings (SSSR count). The second-order valence-electron chi connectivity index (χ2n) is 6.37. The molecule has 0 aliphatic carbocycles. The number of hydrogen-bond donors (Lipinski definition) is 2. The van der Waals surface area contributed by atoms with E-state index in [0.717, 1.165) is 25.7 Å². The van der Waals surface area contributed by atoms with Crippen LogP contribution in [-0.2, 0) is 0 Å². The Labute approximate surface area is 146 Å². The van der Waals surface area contributed by atoms with Gasteiger partial charge in [-0.2, -0.15) is 0 Å². The van der Waals surface area contributed by atoms with Gasteiger partial charge in [0.1, 0.15) is 17.7 Å². The third kappa shape index (κ3) is 4.39. The van der Waals surface area contributed by atoms with Crippen LogP contribution in [0.25, 0.3) is 0 Å². The average molecular weight is 346 g/mol. The summed E-state index contributed by atoms with van der Waals surface area (Å²) in [6.45, 7) is 0.593. The van der Waals surface area contributed by atoms with Crippen LogP contribution in [0.2, 0.25) is 0 Å². The molecule has 0 unspecified atom stereocenters. The lowest BCUT2D eigenvalue weighted by Crippen LogP contribution is -2.43. The lowest BCUT2D eigenvalue weighted by Gasteiger charge is -2.31. The Morgan fingerprint density at radius 3 is 2.88 bits per heavy atom.